The molecule has 16 heavy (non-hydrogen) atoms. The van der Waals surface area contributed by atoms with Gasteiger partial charge in [-0.15, -0.1) is 11.6 Å². The third-order valence-corrected chi connectivity index (χ3v) is 3.65. The Morgan fingerprint density at radius 1 is 1.31 bits per heavy atom. The molecule has 0 aromatic carbocycles. The number of hydrogen-bond acceptors (Lipinski definition) is 1. The molecular weight excluding hydrogens is 222 g/mol. The van der Waals surface area contributed by atoms with Gasteiger partial charge < -0.3 is 5.32 Å². The lowest BCUT2D eigenvalue weighted by Gasteiger charge is -2.09. The van der Waals surface area contributed by atoms with Crippen molar-refractivity contribution in [3.05, 3.63) is 0 Å². The number of halogens is 1. The summed E-state index contributed by atoms with van der Waals surface area (Å²) in [5.41, 5.74) is 0. The van der Waals surface area contributed by atoms with Crippen molar-refractivity contribution in [3.8, 4) is 0 Å². The van der Waals surface area contributed by atoms with E-state index in [9.17, 15) is 4.79 Å². The third kappa shape index (κ3) is 6.37. The number of hydrogen-bond donors (Lipinski definition) is 1. The number of rotatable bonds is 9. The van der Waals surface area contributed by atoms with E-state index in [-0.39, 0.29) is 11.3 Å². The second-order valence-electron chi connectivity index (χ2n) is 4.82. The molecule has 0 spiro atoms. The minimum absolute atomic E-state index is 0.157. The topological polar surface area (TPSA) is 29.1 Å². The van der Waals surface area contributed by atoms with Crippen LogP contribution in [-0.4, -0.2) is 17.8 Å². The van der Waals surface area contributed by atoms with E-state index in [1.54, 1.807) is 0 Å². The van der Waals surface area contributed by atoms with Gasteiger partial charge in [-0.2, -0.15) is 0 Å². The molecule has 1 unspecified atom stereocenters. The average Bonchev–Trinajstić information content (AvgIpc) is 3.09. The van der Waals surface area contributed by atoms with Gasteiger partial charge in [-0.3, -0.25) is 4.79 Å². The number of carbonyl (C=O) groups is 1. The smallest absolute Gasteiger partial charge is 0.220 e. The van der Waals surface area contributed by atoms with Gasteiger partial charge in [-0.25, -0.2) is 0 Å². The van der Waals surface area contributed by atoms with E-state index in [2.05, 4.69) is 12.2 Å². The summed E-state index contributed by atoms with van der Waals surface area (Å²) < 4.78 is 0. The molecule has 94 valence electrons. The zero-order valence-electron chi connectivity index (χ0n) is 10.3. The van der Waals surface area contributed by atoms with Crippen molar-refractivity contribution in [1.29, 1.82) is 0 Å². The lowest BCUT2D eigenvalue weighted by molar-refractivity contribution is -0.121. The Balaban J connectivity index is 1.89. The molecule has 0 saturated heterocycles. The van der Waals surface area contributed by atoms with Crippen LogP contribution < -0.4 is 5.32 Å². The van der Waals surface area contributed by atoms with Crippen LogP contribution in [-0.2, 0) is 4.79 Å². The first-order valence-corrected chi connectivity index (χ1v) is 7.08. The highest BCUT2D eigenvalue weighted by molar-refractivity contribution is 6.21. The van der Waals surface area contributed by atoms with Gasteiger partial charge in [0.2, 0.25) is 5.91 Å². The first-order chi connectivity index (χ1) is 7.74. The van der Waals surface area contributed by atoms with Crippen LogP contribution in [0.4, 0.5) is 0 Å². The Kier molecular flexibility index (Phi) is 6.86. The van der Waals surface area contributed by atoms with Crippen LogP contribution >= 0.6 is 11.6 Å². The summed E-state index contributed by atoms with van der Waals surface area (Å²) in [5, 5.41) is 3.08. The van der Waals surface area contributed by atoms with E-state index in [0.29, 0.717) is 18.9 Å². The first kappa shape index (κ1) is 13.8. The summed E-state index contributed by atoms with van der Waals surface area (Å²) in [6.07, 6.45) is 9.12. The van der Waals surface area contributed by atoms with Gasteiger partial charge in [0.1, 0.15) is 0 Å². The fourth-order valence-electron chi connectivity index (χ4n) is 1.81. The molecule has 0 aromatic heterocycles. The normalized spacial score (nSPS) is 17.1. The number of amides is 1. The Morgan fingerprint density at radius 3 is 2.62 bits per heavy atom. The monoisotopic (exact) mass is 245 g/mol. The summed E-state index contributed by atoms with van der Waals surface area (Å²) >= 11 is 6.11. The van der Waals surface area contributed by atoms with Crippen LogP contribution in [0.3, 0.4) is 0 Å². The zero-order valence-corrected chi connectivity index (χ0v) is 11.1. The molecule has 0 aromatic rings. The average molecular weight is 246 g/mol. The van der Waals surface area contributed by atoms with Crippen molar-refractivity contribution >= 4 is 17.5 Å². The molecule has 0 radical (unpaired) electrons. The third-order valence-electron chi connectivity index (χ3n) is 3.14. The summed E-state index contributed by atoms with van der Waals surface area (Å²) in [4.78, 5) is 11.5. The summed E-state index contributed by atoms with van der Waals surface area (Å²) in [6.45, 7) is 2.85. The molecule has 1 aliphatic rings. The number of unbranched alkanes of at least 4 members (excludes halogenated alkanes) is 4. The molecule has 3 heteroatoms. The zero-order chi connectivity index (χ0) is 11.8. The maximum atomic E-state index is 11.5. The van der Waals surface area contributed by atoms with Crippen LogP contribution in [0.2, 0.25) is 0 Å². The van der Waals surface area contributed by atoms with Crippen molar-refractivity contribution < 1.29 is 4.79 Å². The fraction of sp³-hybridized carbons (Fsp3) is 0.923. The van der Waals surface area contributed by atoms with Crippen LogP contribution in [0.25, 0.3) is 0 Å². The molecule has 1 N–H and O–H groups in total. The molecule has 1 fully saturated rings. The molecule has 0 bridgehead atoms. The summed E-state index contributed by atoms with van der Waals surface area (Å²) in [5.74, 6) is 0.828. The standard InChI is InChI=1S/C13H24ClNO/c1-2-3-4-5-6-7-13(16)15-10-12(14)11-8-9-11/h11-12H,2-10H2,1H3,(H,15,16). The van der Waals surface area contributed by atoms with E-state index in [1.807, 2.05) is 0 Å². The maximum absolute atomic E-state index is 11.5. The van der Waals surface area contributed by atoms with E-state index < -0.39 is 0 Å². The van der Waals surface area contributed by atoms with Gasteiger partial charge in [0.05, 0.1) is 5.38 Å². The Hall–Kier alpha value is -0.240. The van der Waals surface area contributed by atoms with Crippen molar-refractivity contribution in [1.82, 2.24) is 5.32 Å². The van der Waals surface area contributed by atoms with Crippen LogP contribution in [0, 0.1) is 5.92 Å². The lowest BCUT2D eigenvalue weighted by atomic mass is 10.1. The van der Waals surface area contributed by atoms with Gasteiger partial charge in [0.15, 0.2) is 0 Å². The molecule has 1 saturated carbocycles. The summed E-state index contributed by atoms with van der Waals surface area (Å²) in [7, 11) is 0. The minimum Gasteiger partial charge on any atom is -0.355 e. The number of nitrogens with one attached hydrogen (secondary N) is 1. The summed E-state index contributed by atoms with van der Waals surface area (Å²) in [6, 6.07) is 0. The second kappa shape index (κ2) is 7.94. The Bertz CT molecular complexity index is 204. The lowest BCUT2D eigenvalue weighted by Crippen LogP contribution is -2.30. The van der Waals surface area contributed by atoms with Crippen molar-refractivity contribution in [2.24, 2.45) is 5.92 Å². The predicted octanol–water partition coefficient (Wildman–Crippen LogP) is 3.48. The SMILES string of the molecule is CCCCCCCC(=O)NCC(Cl)C1CC1. The first-order valence-electron chi connectivity index (χ1n) is 6.64. The molecule has 1 aliphatic carbocycles. The molecule has 1 atom stereocenters. The number of carbonyl (C=O) groups excluding carboxylic acids is 1. The van der Waals surface area contributed by atoms with Crippen molar-refractivity contribution in [2.45, 2.75) is 63.7 Å². The largest absolute Gasteiger partial charge is 0.355 e. The molecule has 1 rings (SSSR count). The fourth-order valence-corrected chi connectivity index (χ4v) is 2.14. The van der Waals surface area contributed by atoms with Crippen molar-refractivity contribution in [2.75, 3.05) is 6.54 Å². The molecule has 0 heterocycles. The highest BCUT2D eigenvalue weighted by atomic mass is 35.5. The molecular formula is C13H24ClNO. The van der Waals surface area contributed by atoms with Gasteiger partial charge in [0, 0.05) is 13.0 Å². The van der Waals surface area contributed by atoms with E-state index >= 15 is 0 Å². The molecule has 1 amide bonds. The van der Waals surface area contributed by atoms with Gasteiger partial charge in [-0.1, -0.05) is 32.6 Å². The molecule has 0 aliphatic heterocycles. The van der Waals surface area contributed by atoms with E-state index in [4.69, 9.17) is 11.6 Å². The maximum Gasteiger partial charge on any atom is 0.220 e. The quantitative estimate of drug-likeness (QED) is 0.489. The highest BCUT2D eigenvalue weighted by Gasteiger charge is 2.29. The van der Waals surface area contributed by atoms with Crippen LogP contribution in [0.1, 0.15) is 58.3 Å². The number of alkyl halides is 1. The molecule has 2 nitrogen and oxygen atoms in total. The highest BCUT2D eigenvalue weighted by Crippen LogP contribution is 2.35. The second-order valence-corrected chi connectivity index (χ2v) is 5.38. The van der Waals surface area contributed by atoms with Crippen LogP contribution in [0.5, 0.6) is 0 Å². The van der Waals surface area contributed by atoms with E-state index in [1.165, 1.54) is 38.5 Å². The van der Waals surface area contributed by atoms with Crippen molar-refractivity contribution in [3.63, 3.8) is 0 Å². The van der Waals surface area contributed by atoms with E-state index in [0.717, 1.165) is 6.42 Å². The van der Waals surface area contributed by atoms with Gasteiger partial charge in [0.25, 0.3) is 0 Å². The Morgan fingerprint density at radius 2 is 2.00 bits per heavy atom. The van der Waals surface area contributed by atoms with Gasteiger partial charge in [-0.05, 0) is 25.2 Å². The minimum atomic E-state index is 0.157. The van der Waals surface area contributed by atoms with Gasteiger partial charge >= 0.3 is 0 Å². The van der Waals surface area contributed by atoms with Crippen LogP contribution in [0.15, 0.2) is 0 Å². The Labute approximate surface area is 104 Å². The predicted molar refractivity (Wildman–Crippen MR) is 68.8 cm³/mol.